The highest BCUT2D eigenvalue weighted by Gasteiger charge is 2.43. The Kier molecular flexibility index (Phi) is 30.5. The SMILES string of the molecule is NCCCC[C@@H]1NC(=O)[C@H](CCC(N)=O)CC(=O)[C@@H](N)Cc2cn(nn2)CCCC[C@@H](C(=O)NCCCOCCOCCOCCCNC(=O)CCCCC2SC[C@H]3NC(=O)N[C@@H]23)CC(=O)C2CCCN2C(=O)CNC(=O)[C@H](CC2=CCC=N2)NC1=O. The van der Waals surface area contributed by atoms with Gasteiger partial charge in [0.1, 0.15) is 12.1 Å². The van der Waals surface area contributed by atoms with Crippen LogP contribution in [0.15, 0.2) is 23.0 Å². The maximum atomic E-state index is 14.2. The van der Waals surface area contributed by atoms with Crippen molar-refractivity contribution in [2.75, 3.05) is 78.1 Å². The van der Waals surface area contributed by atoms with Crippen LogP contribution in [-0.4, -0.2) is 205 Å². The molecule has 0 spiro atoms. The number of ether oxygens (including phenoxy) is 3. The molecule has 0 aromatic carbocycles. The summed E-state index contributed by atoms with van der Waals surface area (Å²) in [5.74, 6) is -5.26. The monoisotopic (exact) mass is 1240 g/mol. The van der Waals surface area contributed by atoms with Gasteiger partial charge in [-0.15, -0.1) is 5.10 Å². The number of aryl methyl sites for hydroxylation is 1. The number of nitrogens with zero attached hydrogens (tertiary/aromatic N) is 5. The quantitative estimate of drug-likeness (QED) is 0.0357. The number of nitrogens with two attached hydrogens (primary N) is 3. The third-order valence-electron chi connectivity index (χ3n) is 16.1. The molecular weight excluding hydrogens is 1150 g/mol. The van der Waals surface area contributed by atoms with Crippen LogP contribution in [0.3, 0.4) is 0 Å². The zero-order valence-corrected chi connectivity index (χ0v) is 51.0. The van der Waals surface area contributed by atoms with Crippen molar-refractivity contribution in [3.05, 3.63) is 23.7 Å². The predicted octanol–water partition coefficient (Wildman–Crippen LogP) is -0.509. The summed E-state index contributed by atoms with van der Waals surface area (Å²) in [4.78, 5) is 139. The Bertz CT molecular complexity index is 2520. The largest absolute Gasteiger partial charge is 0.379 e. The molecule has 28 nitrogen and oxygen atoms in total. The lowest BCUT2D eigenvalue weighted by Crippen LogP contribution is -2.55. The molecule has 6 heterocycles. The summed E-state index contributed by atoms with van der Waals surface area (Å²) < 4.78 is 18.6. The summed E-state index contributed by atoms with van der Waals surface area (Å²) >= 11 is 1.88. The Morgan fingerprint density at radius 1 is 0.724 bits per heavy atom. The Labute approximate surface area is 513 Å². The van der Waals surface area contributed by atoms with Gasteiger partial charge in [0.25, 0.3) is 0 Å². The van der Waals surface area contributed by atoms with E-state index >= 15 is 0 Å². The summed E-state index contributed by atoms with van der Waals surface area (Å²) in [5.41, 5.74) is 18.6. The van der Waals surface area contributed by atoms with E-state index in [1.165, 1.54) is 4.90 Å². The van der Waals surface area contributed by atoms with Crippen LogP contribution in [0.2, 0.25) is 0 Å². The minimum Gasteiger partial charge on any atom is -0.379 e. The van der Waals surface area contributed by atoms with Crippen molar-refractivity contribution in [2.24, 2.45) is 34.0 Å². The summed E-state index contributed by atoms with van der Waals surface area (Å²) in [6, 6.07) is -4.06. The van der Waals surface area contributed by atoms with Crippen LogP contribution in [0.5, 0.6) is 0 Å². The second kappa shape index (κ2) is 38.1. The predicted molar refractivity (Wildman–Crippen MR) is 322 cm³/mol. The molecule has 3 fully saturated rings. The molecule has 9 amide bonds. The van der Waals surface area contributed by atoms with E-state index < -0.39 is 77.9 Å². The van der Waals surface area contributed by atoms with Crippen molar-refractivity contribution in [1.82, 2.24) is 57.1 Å². The Hall–Kier alpha value is -6.40. The van der Waals surface area contributed by atoms with Gasteiger partial charge in [0.05, 0.1) is 62.8 Å². The normalized spacial score (nSPS) is 25.4. The molecule has 13 N–H and O–H groups in total. The smallest absolute Gasteiger partial charge is 0.315 e. The molecule has 0 radical (unpaired) electrons. The topological polar surface area (TPSA) is 407 Å². The van der Waals surface area contributed by atoms with Gasteiger partial charge in [0.2, 0.25) is 41.4 Å². The Balaban J connectivity index is 0.965. The number of hydrogen-bond acceptors (Lipinski definition) is 19. The minimum absolute atomic E-state index is 0.00539. The lowest BCUT2D eigenvalue weighted by molar-refractivity contribution is -0.139. The van der Waals surface area contributed by atoms with Crippen LogP contribution in [0.4, 0.5) is 4.79 Å². The van der Waals surface area contributed by atoms with E-state index in [0.717, 1.165) is 25.0 Å². The third kappa shape index (κ3) is 24.6. The second-order valence-electron chi connectivity index (χ2n) is 22.9. The van der Waals surface area contributed by atoms with Gasteiger partial charge in [-0.2, -0.15) is 11.8 Å². The third-order valence-corrected chi connectivity index (χ3v) is 17.6. The highest BCUT2D eigenvalue weighted by Crippen LogP contribution is 2.33. The summed E-state index contributed by atoms with van der Waals surface area (Å²) in [7, 11) is 0. The van der Waals surface area contributed by atoms with Crippen LogP contribution < -0.4 is 54.4 Å². The molecular formula is C58H93N15O13S. The molecule has 3 saturated heterocycles. The average molecular weight is 1240 g/mol. The number of nitrogens with one attached hydrogen (secondary N) is 7. The van der Waals surface area contributed by atoms with E-state index in [9.17, 15) is 47.9 Å². The fourth-order valence-electron chi connectivity index (χ4n) is 11.2. The number of hydrogen-bond donors (Lipinski definition) is 10. The van der Waals surface area contributed by atoms with Crippen LogP contribution >= 0.6 is 11.8 Å². The van der Waals surface area contributed by atoms with E-state index in [1.807, 2.05) is 11.8 Å². The number of urea groups is 1. The number of thioether (sulfide) groups is 1. The first-order chi connectivity index (χ1) is 42.1. The van der Waals surface area contributed by atoms with E-state index in [1.54, 1.807) is 23.2 Å². The van der Waals surface area contributed by atoms with Gasteiger partial charge >= 0.3 is 6.03 Å². The Morgan fingerprint density at radius 3 is 2.20 bits per heavy atom. The van der Waals surface area contributed by atoms with Gasteiger partial charge in [0, 0.05) is 125 Å². The molecule has 2 bridgehead atoms. The maximum Gasteiger partial charge on any atom is 0.315 e. The summed E-state index contributed by atoms with van der Waals surface area (Å²) in [5, 5.41) is 28.8. The fourth-order valence-corrected chi connectivity index (χ4v) is 12.7. The van der Waals surface area contributed by atoms with E-state index in [0.29, 0.717) is 153 Å². The van der Waals surface area contributed by atoms with Gasteiger partial charge in [0.15, 0.2) is 11.6 Å². The molecule has 484 valence electrons. The van der Waals surface area contributed by atoms with Gasteiger partial charge < -0.3 is 73.5 Å². The molecule has 0 saturated carbocycles. The molecule has 2 unspecified atom stereocenters. The summed E-state index contributed by atoms with van der Waals surface area (Å²) in [6.45, 7) is 3.61. The Morgan fingerprint density at radius 2 is 1.46 bits per heavy atom. The molecule has 0 aliphatic carbocycles. The van der Waals surface area contributed by atoms with Crippen molar-refractivity contribution in [3.8, 4) is 0 Å². The van der Waals surface area contributed by atoms with Gasteiger partial charge in [-0.3, -0.25) is 52.8 Å². The first kappa shape index (κ1) is 69.7. The van der Waals surface area contributed by atoms with Gasteiger partial charge in [-0.25, -0.2) is 4.79 Å². The van der Waals surface area contributed by atoms with E-state index in [4.69, 9.17) is 31.4 Å². The van der Waals surface area contributed by atoms with Crippen molar-refractivity contribution >= 4 is 76.9 Å². The number of primary amides is 1. The number of carbonyl (C=O) groups excluding carboxylic acids is 10. The zero-order valence-electron chi connectivity index (χ0n) is 50.2. The number of allylic oxidation sites excluding steroid dienone is 1. The van der Waals surface area contributed by atoms with Crippen molar-refractivity contribution < 1.29 is 62.2 Å². The van der Waals surface area contributed by atoms with E-state index in [-0.39, 0.29) is 87.2 Å². The molecule has 6 rings (SSSR count). The number of unbranched alkanes of at least 4 members (excludes halogenated alkanes) is 2. The molecule has 29 heteroatoms. The highest BCUT2D eigenvalue weighted by molar-refractivity contribution is 8.00. The number of fused-ring (bicyclic) bond motifs is 4. The molecule has 5 aliphatic rings. The zero-order chi connectivity index (χ0) is 62.3. The van der Waals surface area contributed by atoms with Crippen LogP contribution in [0.1, 0.15) is 134 Å². The number of rotatable bonds is 29. The van der Waals surface area contributed by atoms with E-state index in [2.05, 4.69) is 52.5 Å². The van der Waals surface area contributed by atoms with Crippen LogP contribution in [0, 0.1) is 11.8 Å². The molecule has 87 heavy (non-hydrogen) atoms. The van der Waals surface area contributed by atoms with Crippen molar-refractivity contribution in [2.45, 2.75) is 183 Å². The van der Waals surface area contributed by atoms with Crippen molar-refractivity contribution in [1.29, 1.82) is 0 Å². The number of ketones is 2. The fraction of sp³-hybridized carbons (Fsp3) is 0.741. The first-order valence-corrected chi connectivity index (χ1v) is 32.2. The average Bonchev–Trinajstić information content (AvgIpc) is 4.40. The molecule has 1 aromatic rings. The molecule has 9 atom stereocenters. The lowest BCUT2D eigenvalue weighted by atomic mass is 9.91. The number of aromatic nitrogens is 3. The number of Topliss-reactive ketones (excluding diaryl/α,β-unsaturated/α-hetero) is 2. The second-order valence-corrected chi connectivity index (χ2v) is 24.2. The number of amides is 9. The maximum absolute atomic E-state index is 14.2. The van der Waals surface area contributed by atoms with Gasteiger partial charge in [-0.05, 0) is 83.6 Å². The minimum atomic E-state index is -1.25. The van der Waals surface area contributed by atoms with Crippen LogP contribution in [0.25, 0.3) is 0 Å². The molecule has 5 aliphatic heterocycles. The standard InChI is InChI=1S/C58H93N15O13S/c59-19-5-3-13-43-57(82)67-44(34-40-12-7-20-62-40)56(81)65-35-52(78)73-24-8-14-46(73)48(75)32-38(11-4-6-23-72-36-41(70-71-72)33-42(60)47(74)31-39(55(80)66-43)17-18-50(61)76)54(79)64-22-10-26-85-28-30-86-29-27-84-25-9-21-63-51(77)16-2-1-15-49-53-45(37-87-49)68-58(83)69-53/h12,20,36,38-39,42-46,49,53H,1-11,13-19,21-35,37,59-60H2,(H2,61,76)(H,63,77)(H,64,79)(H,65,81)(H,66,80)(H,67,82)(H2,68,69,83)/t38-,39-,42+,43+,44+,45-,46?,49?,53-/m1/s1. The first-order valence-electron chi connectivity index (χ1n) is 31.1. The van der Waals surface area contributed by atoms with Crippen LogP contribution in [-0.2, 0) is 70.3 Å². The number of carbonyl (C=O) groups is 10. The lowest BCUT2D eigenvalue weighted by Gasteiger charge is -2.27. The van der Waals surface area contributed by atoms with Gasteiger partial charge in [-0.1, -0.05) is 24.1 Å². The van der Waals surface area contributed by atoms with Crippen molar-refractivity contribution in [3.63, 3.8) is 0 Å². The molecule has 1 aromatic heterocycles. The highest BCUT2D eigenvalue weighted by atomic mass is 32.2. The number of aliphatic imine (C=N–C) groups is 1. The summed E-state index contributed by atoms with van der Waals surface area (Å²) in [6.07, 6.45) is 12.5.